The standard InChI is InChI=1S/C24H38N6O8P2.C23H37N5O6.C16H30N4O6.C14H22N2O6.C6H13N3O3.C2H7N.CH4ClNO2P2.CH2O3.2Na.H/c1-14(2)18(29-22(34)37-24(3,4)5)20(32)28-17(7-6-12-26-21(25)33)19(31)27-16-10-8-15(9-11-16)13-36-23(35)38-40-30-39;1-14(2)18(28-22(33)34-23(3,4)5)20(31)27-17(7-6-12-25-21(24)32)19(30)26-16-10-8-15(13-29)9-11-16;1-9(2)11(20-15(25)26-16(3,4)5)12(21)19-10(13(22)23)7-6-8-18-14(17)24;1-8(2)11(15-13(20)21-14(3,4)5)12(19)22-16-9(17)6-7-10(16)18;7-4(5(10)11)2-1-3-9-6(8)12;1-2-3;1-7(2,5)6-3-4;2-1-4-3;;;/h8-11,14,17-18H,6-7,12-13,39H2,1-5H3,(H,27,31)(H,28,32)(H,29,34)(H3,25,26,33);8-11,14,17-18,29H,6-7,12-13H2,1-5H3,(H,26,30)(H,27,31)(H,28,33)(H3,24,25,32);9-11H,6-8H2,1-5H3,(H,19,21)(H,20,25)(H,22,23)(H3,17,18,24);8,11H,6-7H2,1-5H3,(H,15,20);4H,1-3,7H2,(H,10,11)(H3,8,9,12);2-3H2,1H3;6H,1H3;1,3H;;;/q;;;;;;;;2*+1;-1/p-1/t2*17?,18-;10?,11-;11-;;;;;;;/m0000......./s1. The van der Waals surface area contributed by atoms with Gasteiger partial charge in [-0.1, -0.05) is 86.6 Å². The molecule has 0 spiro atoms. The predicted octanol–water partition coefficient (Wildman–Crippen LogP) is 0.667. The van der Waals surface area contributed by atoms with Crippen LogP contribution in [0.3, 0.4) is 0 Å². The molecule has 19 amide bonds. The molecule has 1 aliphatic heterocycles. The third-order valence-corrected chi connectivity index (χ3v) is 20.2. The Kier molecular flexibility index (Phi) is 83.0. The van der Waals surface area contributed by atoms with Gasteiger partial charge in [0.2, 0.25) is 35.7 Å². The minimum absolute atomic E-state index is 0. The van der Waals surface area contributed by atoms with Crippen molar-refractivity contribution in [1.82, 2.24) is 63.5 Å². The summed E-state index contributed by atoms with van der Waals surface area (Å²) in [5, 5.41) is 68.4. The molecule has 1 saturated heterocycles. The minimum Gasteiger partial charge on any atom is -1.00 e. The Balaban J connectivity index is -0.000000280. The van der Waals surface area contributed by atoms with Crippen LogP contribution >= 0.6 is 43.8 Å². The number of ether oxygens (including phenoxy) is 5. The molecule has 150 heavy (non-hydrogen) atoms. The zero-order valence-corrected chi connectivity index (χ0v) is 98.0. The van der Waals surface area contributed by atoms with Crippen LogP contribution in [0.1, 0.15) is 222 Å². The van der Waals surface area contributed by atoms with Gasteiger partial charge in [0.15, 0.2) is 0 Å². The Morgan fingerprint density at radius 3 is 1.05 bits per heavy atom. The molecule has 3 rings (SSSR count). The molecule has 7 unspecified atom stereocenters. The number of carbonyl (C=O) groups excluding carboxylic acids is 18. The van der Waals surface area contributed by atoms with Crippen molar-refractivity contribution in [2.45, 2.75) is 294 Å². The van der Waals surface area contributed by atoms with Crippen molar-refractivity contribution in [1.29, 1.82) is 0 Å². The van der Waals surface area contributed by atoms with Crippen molar-refractivity contribution < 1.29 is 220 Å². The van der Waals surface area contributed by atoms with Crippen LogP contribution in [-0.2, 0) is 108 Å². The number of aliphatic hydroxyl groups excluding tert-OH is 1. The molecule has 2 aromatic carbocycles. The fourth-order valence-electron chi connectivity index (χ4n) is 10.6. The SMILES string of the molecule is CC(C)[C@H](NC(=O)OC(C)(C)C)C(=O)NC(CCCNC(N)=O)C(=O)Nc1ccc(CO)cc1.CC(C)[C@H](NC(=O)OC(C)(C)C)C(=O)NC(CCCNC(N)=O)C(=O)Nc1ccc(COC(=O)OP=NP)cc1.CC(C)[C@H](NC(=O)OC(C)(C)C)C(=O)NC(CCCNC(N)=O)C(=O)O.CC(C)[C@H](NC(=O)OC(C)(C)C)C(=O)ON1C(=O)CCC1=O.CCN.CP(=O)(Cl)PN=O.NC(=O)NCCCC(N)C(=O)O.O=CO[O-].[H-].[Na+].[Na+]. The fraction of sp³-hybridized carbons (Fsp3) is 0.632. The number of rotatable bonds is 45. The first kappa shape index (κ1) is 152. The Morgan fingerprint density at radius 1 is 0.520 bits per heavy atom. The number of aliphatic carboxylic acids is 2. The molecule has 1 heterocycles. The number of carbonyl (C=O) groups is 20. The predicted molar refractivity (Wildman–Crippen MR) is 548 cm³/mol. The van der Waals surface area contributed by atoms with E-state index in [1.807, 2.05) is 6.92 Å². The number of benzene rings is 2. The van der Waals surface area contributed by atoms with Gasteiger partial charge < -0.3 is 168 Å². The third-order valence-electron chi connectivity index (χ3n) is 17.1. The molecule has 0 aliphatic carbocycles. The van der Waals surface area contributed by atoms with Gasteiger partial charge in [-0.2, -0.15) is 0 Å². The van der Waals surface area contributed by atoms with Crippen LogP contribution in [-0.4, -0.2) is 251 Å². The average Bonchev–Trinajstić information content (AvgIpc) is 1.73. The third kappa shape index (κ3) is 83.8. The normalized spacial score (nSPS) is 13.2. The minimum atomic E-state index is -2.64. The monoisotopic (exact) mass is 2250 g/mol. The van der Waals surface area contributed by atoms with Crippen LogP contribution in [0, 0.1) is 28.6 Å². The number of nitrogens with two attached hydrogens (primary N) is 6. The first-order valence-electron chi connectivity index (χ1n) is 45.8. The number of nitrogens with zero attached hydrogens (tertiary/aromatic N) is 3. The summed E-state index contributed by atoms with van der Waals surface area (Å²) in [6.07, 6.45) is -4.20. The van der Waals surface area contributed by atoms with Gasteiger partial charge in [-0.25, -0.2) is 57.3 Å². The van der Waals surface area contributed by atoms with Crippen LogP contribution < -0.4 is 168 Å². The second kappa shape index (κ2) is 81.9. The van der Waals surface area contributed by atoms with Gasteiger partial charge in [0.05, 0.1) is 6.61 Å². The maximum absolute atomic E-state index is 13.1. The fourth-order valence-corrected chi connectivity index (χ4v) is 11.7. The van der Waals surface area contributed by atoms with Crippen molar-refractivity contribution in [3.63, 3.8) is 0 Å². The van der Waals surface area contributed by atoms with Crippen LogP contribution in [0.4, 0.5) is 54.5 Å². The average molecular weight is 2260 g/mol. The topological polar surface area (TPSA) is 874 Å². The Morgan fingerprint density at radius 2 is 0.807 bits per heavy atom. The Hall–Kier alpha value is -10.8. The van der Waals surface area contributed by atoms with E-state index >= 15 is 0 Å². The number of hydrogen-bond donors (Lipinski definition) is 22. The van der Waals surface area contributed by atoms with E-state index in [-0.39, 0.29) is 164 Å². The Bertz CT molecular complexity index is 4590. The van der Waals surface area contributed by atoms with Gasteiger partial charge in [0.1, 0.15) is 85.8 Å². The molecule has 0 aromatic heterocycles. The molecule has 0 saturated carbocycles. The molecule has 2 aromatic rings. The maximum atomic E-state index is 13.1. The molecule has 0 bridgehead atoms. The van der Waals surface area contributed by atoms with Gasteiger partial charge in [-0.3, -0.25) is 43.2 Å². The summed E-state index contributed by atoms with van der Waals surface area (Å²) in [6, 6.07) is 2.55. The number of urea groups is 4. The van der Waals surface area contributed by atoms with Gasteiger partial charge in [-0.15, -0.1) is 9.97 Å². The molecule has 1 fully saturated rings. The molecule has 1 aliphatic rings. The first-order valence-corrected chi connectivity index (χ1v) is 51.9. The summed E-state index contributed by atoms with van der Waals surface area (Å²) in [6.45, 7) is 38.8. The first-order chi connectivity index (χ1) is 68.3. The molecule has 0 radical (unpaired) electrons. The summed E-state index contributed by atoms with van der Waals surface area (Å²) < 4.78 is 44.1. The van der Waals surface area contributed by atoms with Crippen molar-refractivity contribution >= 4 is 176 Å². The van der Waals surface area contributed by atoms with E-state index in [0.29, 0.717) is 66.2 Å². The summed E-state index contributed by atoms with van der Waals surface area (Å²) in [4.78, 5) is 251. The van der Waals surface area contributed by atoms with E-state index in [1.54, 1.807) is 187 Å². The number of carboxylic acid groups (broad SMARTS) is 2. The van der Waals surface area contributed by atoms with E-state index in [1.165, 1.54) is 6.66 Å². The van der Waals surface area contributed by atoms with Crippen molar-refractivity contribution in [2.75, 3.05) is 50.0 Å². The van der Waals surface area contributed by atoms with Crippen molar-refractivity contribution in [3.05, 3.63) is 64.6 Å². The molecule has 28 N–H and O–H groups in total. The van der Waals surface area contributed by atoms with Gasteiger partial charge in [0.25, 0.3) is 26.9 Å². The number of carboxylic acids is 2. The molecular weight excluding hydrogens is 2100 g/mol. The van der Waals surface area contributed by atoms with E-state index in [9.17, 15) is 106 Å². The van der Waals surface area contributed by atoms with Crippen LogP contribution in [0.25, 0.3) is 0 Å². The van der Waals surface area contributed by atoms with Gasteiger partial charge in [-0.05, 0) is 226 Å². The number of primary amides is 4. The van der Waals surface area contributed by atoms with Gasteiger partial charge >= 0.3 is 132 Å². The summed E-state index contributed by atoms with van der Waals surface area (Å²) in [7, 11) is 1.66. The van der Waals surface area contributed by atoms with Gasteiger partial charge in [0, 0.05) is 57.1 Å². The number of amides is 19. The number of aliphatic hydroxyl groups is 1. The molecule has 63 heteroatoms. The van der Waals surface area contributed by atoms with E-state index in [4.69, 9.17) is 94.4 Å². The van der Waals surface area contributed by atoms with Crippen LogP contribution in [0.5, 0.6) is 0 Å². The van der Waals surface area contributed by atoms with E-state index in [0.717, 1.165) is 6.54 Å². The largest absolute Gasteiger partial charge is 1.00 e. The molecule has 11 atom stereocenters. The molecular formula is C87H153ClN22Na2O34P4. The number of halogens is 1. The second-order valence-electron chi connectivity index (χ2n) is 36.6. The number of imide groups is 1. The van der Waals surface area contributed by atoms with Crippen LogP contribution in [0.15, 0.2) is 58.0 Å². The summed E-state index contributed by atoms with van der Waals surface area (Å²) in [5.74, 6) is -8.18. The quantitative estimate of drug-likeness (QED) is 0.00414. The van der Waals surface area contributed by atoms with Crippen molar-refractivity contribution in [3.8, 4) is 0 Å². The number of alkyl carbamates (subject to hydrolysis) is 4. The van der Waals surface area contributed by atoms with Crippen LogP contribution in [0.2, 0.25) is 0 Å². The smallest absolute Gasteiger partial charge is 1.00 e. The summed E-state index contributed by atoms with van der Waals surface area (Å²) >= 11 is 5.11. The van der Waals surface area contributed by atoms with E-state index < -0.39 is 199 Å². The molecule has 56 nitrogen and oxygen atoms in total. The molecule has 844 valence electrons. The zero-order valence-electron chi connectivity index (χ0n) is 90.3. The number of nitroso groups, excluding NO2 is 1. The number of hydrogen-bond acceptors (Lipinski definition) is 36. The zero-order chi connectivity index (χ0) is 115. The number of hydroxylamine groups is 2. The summed E-state index contributed by atoms with van der Waals surface area (Å²) in [5.41, 5.74) is 29.2. The second-order valence-corrected chi connectivity index (χ2v) is 45.9. The number of anilines is 2. The van der Waals surface area contributed by atoms with Crippen molar-refractivity contribution in [2.24, 2.45) is 67.5 Å². The number of nitrogens with one attached hydrogen (secondary N) is 13. The maximum Gasteiger partial charge on any atom is 1.00 e. The Labute approximate surface area is 928 Å². The van der Waals surface area contributed by atoms with E-state index in [2.05, 4.69) is 97.4 Å².